The first kappa shape index (κ1) is 22.1. The van der Waals surface area contributed by atoms with E-state index in [9.17, 15) is 19.5 Å². The van der Waals surface area contributed by atoms with E-state index in [0.29, 0.717) is 16.3 Å². The Morgan fingerprint density at radius 3 is 2.30 bits per heavy atom. The Morgan fingerprint density at radius 1 is 0.939 bits per heavy atom. The molecule has 0 aliphatic rings. The Hall–Kier alpha value is -4.10. The Kier molecular flexibility index (Phi) is 6.42. The number of hydrogen-bond donors (Lipinski definition) is 3. The first-order valence-electron chi connectivity index (χ1n) is 10.2. The molecule has 0 fully saturated rings. The monoisotopic (exact) mass is 461 g/mol. The largest absolute Gasteiger partial charge is 0.481 e. The van der Waals surface area contributed by atoms with Gasteiger partial charge in [0, 0.05) is 11.1 Å². The van der Waals surface area contributed by atoms with Crippen LogP contribution in [0.5, 0.6) is 0 Å². The highest BCUT2D eigenvalue weighted by molar-refractivity contribution is 6.30. The number of aliphatic carboxylic acids is 1. The molecule has 0 aliphatic heterocycles. The molecule has 1 atom stereocenters. The summed E-state index contributed by atoms with van der Waals surface area (Å²) in [7, 11) is 0. The number of aromatic amines is 1. The summed E-state index contributed by atoms with van der Waals surface area (Å²) in [5.41, 5.74) is 2.69. The first-order valence-corrected chi connectivity index (χ1v) is 10.5. The number of hydrogen-bond acceptors (Lipinski definition) is 3. The summed E-state index contributed by atoms with van der Waals surface area (Å²) in [5, 5.41) is 15.3. The summed E-state index contributed by atoms with van der Waals surface area (Å²) in [4.78, 5) is 36.7. The van der Waals surface area contributed by atoms with Crippen LogP contribution in [0.25, 0.3) is 16.8 Å². The van der Waals surface area contributed by atoms with Crippen LogP contribution >= 0.6 is 11.6 Å². The molecule has 7 nitrogen and oxygen atoms in total. The fourth-order valence-corrected chi connectivity index (χ4v) is 3.71. The van der Waals surface area contributed by atoms with Gasteiger partial charge in [-0.2, -0.15) is 0 Å². The summed E-state index contributed by atoms with van der Waals surface area (Å²) < 4.78 is 1.20. The second-order valence-corrected chi connectivity index (χ2v) is 7.87. The third-order valence-electron chi connectivity index (χ3n) is 5.14. The minimum Gasteiger partial charge on any atom is -0.481 e. The van der Waals surface area contributed by atoms with Crippen molar-refractivity contribution < 1.29 is 14.7 Å². The molecule has 0 radical (unpaired) electrons. The van der Waals surface area contributed by atoms with Crippen LogP contribution in [0.2, 0.25) is 5.02 Å². The Bertz CT molecular complexity index is 1340. The zero-order valence-corrected chi connectivity index (χ0v) is 18.1. The lowest BCUT2D eigenvalue weighted by Crippen LogP contribution is -2.30. The molecule has 1 amide bonds. The van der Waals surface area contributed by atoms with Gasteiger partial charge < -0.3 is 10.4 Å². The molecule has 1 aromatic heterocycles. The number of carbonyl (C=O) groups is 2. The number of carbonyl (C=O) groups excluding carboxylic acids is 1. The molecule has 1 heterocycles. The number of H-pyrrole nitrogens is 1. The van der Waals surface area contributed by atoms with Gasteiger partial charge in [-0.25, -0.2) is 4.68 Å². The zero-order chi connectivity index (χ0) is 23.4. The number of carboxylic acids is 1. The molecule has 4 aromatic rings. The van der Waals surface area contributed by atoms with E-state index >= 15 is 0 Å². The van der Waals surface area contributed by atoms with Gasteiger partial charge in [-0.15, -0.1) is 0 Å². The summed E-state index contributed by atoms with van der Waals surface area (Å²) >= 11 is 5.99. The molecule has 0 bridgehead atoms. The lowest BCUT2D eigenvalue weighted by atomic mass is 9.99. The highest BCUT2D eigenvalue weighted by Gasteiger charge is 2.21. The highest BCUT2D eigenvalue weighted by atomic mass is 35.5. The molecule has 166 valence electrons. The second kappa shape index (κ2) is 9.58. The molecule has 3 N–H and O–H groups in total. The number of aromatic nitrogens is 2. The standard InChI is InChI=1S/C25H20ClN3O4/c26-19-7-4-8-20(13-19)29-23(30)14-22(28-29)25(33)27-21(15-24(31)32)18-11-9-17(10-12-18)16-5-2-1-3-6-16/h1-14,21,28H,15H2,(H,27,33)(H,31,32). The normalized spacial score (nSPS) is 11.7. The van der Waals surface area contributed by atoms with Crippen molar-refractivity contribution in [2.24, 2.45) is 0 Å². The summed E-state index contributed by atoms with van der Waals surface area (Å²) in [6, 6.07) is 24.1. The second-order valence-electron chi connectivity index (χ2n) is 7.44. The molecule has 3 aromatic carbocycles. The minimum absolute atomic E-state index is 0.0104. The van der Waals surface area contributed by atoms with Crippen molar-refractivity contribution >= 4 is 23.5 Å². The van der Waals surface area contributed by atoms with E-state index in [1.807, 2.05) is 42.5 Å². The lowest BCUT2D eigenvalue weighted by Gasteiger charge is -2.17. The average molecular weight is 462 g/mol. The number of rotatable bonds is 7. The van der Waals surface area contributed by atoms with Crippen molar-refractivity contribution in [3.05, 3.63) is 112 Å². The summed E-state index contributed by atoms with van der Waals surface area (Å²) in [6.45, 7) is 0. The van der Waals surface area contributed by atoms with E-state index in [2.05, 4.69) is 10.4 Å². The molecule has 0 aliphatic carbocycles. The SMILES string of the molecule is O=C(O)CC(NC(=O)c1cc(=O)n(-c2cccc(Cl)c2)[nH]1)c1ccc(-c2ccccc2)cc1. The number of benzene rings is 3. The maximum Gasteiger partial charge on any atom is 0.305 e. The van der Waals surface area contributed by atoms with Crippen molar-refractivity contribution in [2.45, 2.75) is 12.5 Å². The zero-order valence-electron chi connectivity index (χ0n) is 17.4. The lowest BCUT2D eigenvalue weighted by molar-refractivity contribution is -0.137. The number of nitrogens with one attached hydrogen (secondary N) is 2. The van der Waals surface area contributed by atoms with E-state index in [-0.39, 0.29) is 12.1 Å². The molecule has 0 saturated carbocycles. The van der Waals surface area contributed by atoms with Gasteiger partial charge in [0.2, 0.25) is 0 Å². The smallest absolute Gasteiger partial charge is 0.305 e. The van der Waals surface area contributed by atoms with Crippen LogP contribution in [-0.4, -0.2) is 26.8 Å². The van der Waals surface area contributed by atoms with Gasteiger partial charge >= 0.3 is 5.97 Å². The molecular weight excluding hydrogens is 442 g/mol. The van der Waals surface area contributed by atoms with Crippen molar-refractivity contribution in [2.75, 3.05) is 0 Å². The summed E-state index contributed by atoms with van der Waals surface area (Å²) in [6.07, 6.45) is -0.310. The number of halogens is 1. The van der Waals surface area contributed by atoms with Gasteiger partial charge in [0.15, 0.2) is 0 Å². The van der Waals surface area contributed by atoms with Crippen molar-refractivity contribution in [3.63, 3.8) is 0 Å². The van der Waals surface area contributed by atoms with Crippen LogP contribution in [-0.2, 0) is 4.79 Å². The third kappa shape index (κ3) is 5.22. The summed E-state index contributed by atoms with van der Waals surface area (Å²) in [5.74, 6) is -1.65. The first-order chi connectivity index (χ1) is 15.9. The third-order valence-corrected chi connectivity index (χ3v) is 5.37. The van der Waals surface area contributed by atoms with Crippen LogP contribution in [0.1, 0.15) is 28.5 Å². The topological polar surface area (TPSA) is 104 Å². The molecule has 0 spiro atoms. The Balaban J connectivity index is 1.57. The van der Waals surface area contributed by atoms with Gasteiger partial charge in [0.1, 0.15) is 5.69 Å². The maximum atomic E-state index is 12.8. The van der Waals surface area contributed by atoms with Crippen LogP contribution in [0.3, 0.4) is 0 Å². The predicted molar refractivity (Wildman–Crippen MR) is 126 cm³/mol. The molecular formula is C25H20ClN3O4. The van der Waals surface area contributed by atoms with Gasteiger partial charge in [0.05, 0.1) is 18.2 Å². The molecule has 33 heavy (non-hydrogen) atoms. The molecule has 8 heteroatoms. The van der Waals surface area contributed by atoms with Crippen LogP contribution in [0, 0.1) is 0 Å². The quantitative estimate of drug-likeness (QED) is 0.378. The van der Waals surface area contributed by atoms with E-state index in [4.69, 9.17) is 11.6 Å². The molecule has 1 unspecified atom stereocenters. The number of nitrogens with zero attached hydrogens (tertiary/aromatic N) is 1. The Morgan fingerprint density at radius 2 is 1.64 bits per heavy atom. The molecule has 0 saturated heterocycles. The van der Waals surface area contributed by atoms with Gasteiger partial charge in [-0.3, -0.25) is 19.5 Å². The van der Waals surface area contributed by atoms with Gasteiger partial charge in [-0.05, 0) is 34.9 Å². The van der Waals surface area contributed by atoms with E-state index in [1.54, 1.807) is 36.4 Å². The highest BCUT2D eigenvalue weighted by Crippen LogP contribution is 2.24. The van der Waals surface area contributed by atoms with E-state index in [1.165, 1.54) is 4.68 Å². The maximum absolute atomic E-state index is 12.8. The fourth-order valence-electron chi connectivity index (χ4n) is 3.52. The average Bonchev–Trinajstić information content (AvgIpc) is 3.21. The van der Waals surface area contributed by atoms with Crippen molar-refractivity contribution in [1.82, 2.24) is 15.1 Å². The van der Waals surface area contributed by atoms with Crippen molar-refractivity contribution in [3.8, 4) is 16.8 Å². The van der Waals surface area contributed by atoms with E-state index in [0.717, 1.165) is 17.2 Å². The predicted octanol–water partition coefficient (Wildman–Crippen LogP) is 4.43. The van der Waals surface area contributed by atoms with Crippen LogP contribution in [0.15, 0.2) is 89.7 Å². The van der Waals surface area contributed by atoms with Crippen LogP contribution in [0.4, 0.5) is 0 Å². The van der Waals surface area contributed by atoms with Crippen LogP contribution < -0.4 is 10.9 Å². The number of amides is 1. The number of carboxylic acid groups (broad SMARTS) is 1. The van der Waals surface area contributed by atoms with Gasteiger partial charge in [-0.1, -0.05) is 72.3 Å². The molecule has 4 rings (SSSR count). The van der Waals surface area contributed by atoms with Crippen molar-refractivity contribution in [1.29, 1.82) is 0 Å². The van der Waals surface area contributed by atoms with Gasteiger partial charge in [0.25, 0.3) is 11.5 Å². The van der Waals surface area contributed by atoms with E-state index < -0.39 is 23.5 Å². The fraction of sp³-hybridized carbons (Fsp3) is 0.0800. The minimum atomic E-state index is -1.06. The Labute approximate surface area is 194 Å².